The van der Waals surface area contributed by atoms with Crippen LogP contribution in [-0.4, -0.2) is 46.5 Å². The van der Waals surface area contributed by atoms with Crippen LogP contribution in [0.3, 0.4) is 0 Å². The number of carboxylic acid groups (broad SMARTS) is 1. The first-order valence-electron chi connectivity index (χ1n) is 6.67. The summed E-state index contributed by atoms with van der Waals surface area (Å²) < 4.78 is 40.1. The van der Waals surface area contributed by atoms with Crippen molar-refractivity contribution in [1.82, 2.24) is 15.3 Å². The molecule has 0 spiro atoms. The van der Waals surface area contributed by atoms with Crippen molar-refractivity contribution in [1.29, 1.82) is 0 Å². The number of piperidine rings is 1. The molecule has 3 rings (SSSR count). The zero-order valence-corrected chi connectivity index (χ0v) is 11.3. The highest BCUT2D eigenvalue weighted by Crippen LogP contribution is 2.24. The van der Waals surface area contributed by atoms with Crippen molar-refractivity contribution in [2.75, 3.05) is 18.0 Å². The van der Waals surface area contributed by atoms with E-state index < -0.39 is 29.9 Å². The summed E-state index contributed by atoms with van der Waals surface area (Å²) in [6.07, 6.45) is -2.46. The Morgan fingerprint density at radius 2 is 2.14 bits per heavy atom. The van der Waals surface area contributed by atoms with E-state index in [1.807, 2.05) is 0 Å². The van der Waals surface area contributed by atoms with Gasteiger partial charge in [-0.15, -0.1) is 0 Å². The molecule has 2 heterocycles. The second kappa shape index (κ2) is 5.39. The van der Waals surface area contributed by atoms with Crippen molar-refractivity contribution in [2.45, 2.75) is 18.6 Å². The molecule has 0 saturated carbocycles. The standard InChI is InChI=1S/C13H13F3N4O2/c14-6-1-2-20(5-11(6)19-13(21)22)12-17-9-3-7(15)8(16)4-10(9)18-12/h3-4,6,11,19H,1-2,5H2,(H,17,18)(H,21,22)/t6-,11-/m1/s1. The Balaban J connectivity index is 1.85. The van der Waals surface area contributed by atoms with E-state index in [2.05, 4.69) is 15.3 Å². The van der Waals surface area contributed by atoms with Gasteiger partial charge in [-0.3, -0.25) is 0 Å². The number of anilines is 1. The first-order valence-corrected chi connectivity index (χ1v) is 6.67. The van der Waals surface area contributed by atoms with E-state index in [-0.39, 0.29) is 18.5 Å². The Bertz CT molecular complexity index is 682. The zero-order valence-electron chi connectivity index (χ0n) is 11.3. The number of aromatic amines is 1. The predicted octanol–water partition coefficient (Wildman–Crippen LogP) is 2.03. The number of H-pyrrole nitrogens is 1. The molecule has 9 heteroatoms. The molecular weight excluding hydrogens is 301 g/mol. The predicted molar refractivity (Wildman–Crippen MR) is 72.7 cm³/mol. The Morgan fingerprint density at radius 3 is 2.86 bits per heavy atom. The molecule has 1 fully saturated rings. The van der Waals surface area contributed by atoms with E-state index in [9.17, 15) is 18.0 Å². The average Bonchev–Trinajstić information content (AvgIpc) is 2.84. The molecule has 6 nitrogen and oxygen atoms in total. The monoisotopic (exact) mass is 314 g/mol. The molecule has 0 aliphatic carbocycles. The maximum atomic E-state index is 13.7. The minimum absolute atomic E-state index is 0.0816. The van der Waals surface area contributed by atoms with Gasteiger partial charge in [0.25, 0.3) is 0 Å². The third-order valence-corrected chi connectivity index (χ3v) is 3.65. The number of nitrogens with one attached hydrogen (secondary N) is 2. The third-order valence-electron chi connectivity index (χ3n) is 3.65. The Labute approximate surface area is 122 Å². The van der Waals surface area contributed by atoms with Crippen molar-refractivity contribution >= 4 is 23.1 Å². The SMILES string of the molecule is O=C(O)N[C@@H]1CN(c2nc3cc(F)c(F)cc3[nH]2)CC[C@H]1F. The molecule has 3 N–H and O–H groups in total. The fourth-order valence-electron chi connectivity index (χ4n) is 2.55. The van der Waals surface area contributed by atoms with Crippen LogP contribution < -0.4 is 10.2 Å². The van der Waals surface area contributed by atoms with Gasteiger partial charge in [0.05, 0.1) is 17.1 Å². The summed E-state index contributed by atoms with van der Waals surface area (Å²) in [5, 5.41) is 10.8. The number of amides is 1. The van der Waals surface area contributed by atoms with E-state index in [0.717, 1.165) is 12.1 Å². The summed E-state index contributed by atoms with van der Waals surface area (Å²) in [5.74, 6) is -1.67. The number of benzene rings is 1. The van der Waals surface area contributed by atoms with E-state index in [1.165, 1.54) is 0 Å². The zero-order chi connectivity index (χ0) is 15.9. The molecule has 0 bridgehead atoms. The molecule has 2 atom stereocenters. The molecule has 1 amide bonds. The highest BCUT2D eigenvalue weighted by Gasteiger charge is 2.31. The van der Waals surface area contributed by atoms with E-state index >= 15 is 0 Å². The van der Waals surface area contributed by atoms with Gasteiger partial charge in [0.15, 0.2) is 11.6 Å². The maximum absolute atomic E-state index is 13.7. The minimum Gasteiger partial charge on any atom is -0.465 e. The average molecular weight is 314 g/mol. The summed E-state index contributed by atoms with van der Waals surface area (Å²) >= 11 is 0. The molecule has 1 aliphatic rings. The van der Waals surface area contributed by atoms with Crippen molar-refractivity contribution in [3.05, 3.63) is 23.8 Å². The molecule has 0 unspecified atom stereocenters. The number of imidazole rings is 1. The maximum Gasteiger partial charge on any atom is 0.405 e. The van der Waals surface area contributed by atoms with Gasteiger partial charge in [-0.25, -0.2) is 22.9 Å². The topological polar surface area (TPSA) is 81.2 Å². The molecule has 2 aromatic rings. The van der Waals surface area contributed by atoms with Crippen LogP contribution in [-0.2, 0) is 0 Å². The molecule has 118 valence electrons. The summed E-state index contributed by atoms with van der Waals surface area (Å²) in [5.41, 5.74) is 0.568. The second-order valence-electron chi connectivity index (χ2n) is 5.15. The van der Waals surface area contributed by atoms with E-state index in [4.69, 9.17) is 5.11 Å². The van der Waals surface area contributed by atoms with Gasteiger partial charge in [0, 0.05) is 25.2 Å². The molecule has 1 saturated heterocycles. The summed E-state index contributed by atoms with van der Waals surface area (Å²) in [7, 11) is 0. The van der Waals surface area contributed by atoms with E-state index in [1.54, 1.807) is 4.90 Å². The summed E-state index contributed by atoms with van der Waals surface area (Å²) in [6, 6.07) is 1.09. The van der Waals surface area contributed by atoms with Gasteiger partial charge < -0.3 is 20.3 Å². The first kappa shape index (κ1) is 14.5. The number of halogens is 3. The highest BCUT2D eigenvalue weighted by atomic mass is 19.2. The number of alkyl halides is 1. The minimum atomic E-state index is -1.30. The van der Waals surface area contributed by atoms with Crippen LogP contribution in [0.25, 0.3) is 11.0 Å². The number of aromatic nitrogens is 2. The number of carbonyl (C=O) groups is 1. The van der Waals surface area contributed by atoms with Crippen LogP contribution in [0.5, 0.6) is 0 Å². The second-order valence-corrected chi connectivity index (χ2v) is 5.15. The molecular formula is C13H13F3N4O2. The number of rotatable bonds is 2. The fourth-order valence-corrected chi connectivity index (χ4v) is 2.55. The lowest BCUT2D eigenvalue weighted by Gasteiger charge is -2.34. The van der Waals surface area contributed by atoms with Crippen LogP contribution in [0.4, 0.5) is 23.9 Å². The van der Waals surface area contributed by atoms with Gasteiger partial charge in [0.1, 0.15) is 6.17 Å². The number of hydrogen-bond donors (Lipinski definition) is 3. The van der Waals surface area contributed by atoms with Crippen LogP contribution in [0.1, 0.15) is 6.42 Å². The normalized spacial score (nSPS) is 22.0. The molecule has 22 heavy (non-hydrogen) atoms. The third kappa shape index (κ3) is 2.66. The van der Waals surface area contributed by atoms with Gasteiger partial charge in [-0.1, -0.05) is 0 Å². The number of nitrogens with zero attached hydrogens (tertiary/aromatic N) is 2. The van der Waals surface area contributed by atoms with Crippen LogP contribution in [0.2, 0.25) is 0 Å². The van der Waals surface area contributed by atoms with Gasteiger partial charge in [-0.05, 0) is 6.42 Å². The quantitative estimate of drug-likeness (QED) is 0.792. The first-order chi connectivity index (χ1) is 10.4. The largest absolute Gasteiger partial charge is 0.465 e. The van der Waals surface area contributed by atoms with Gasteiger partial charge in [0.2, 0.25) is 5.95 Å². The highest BCUT2D eigenvalue weighted by molar-refractivity contribution is 5.77. The van der Waals surface area contributed by atoms with Crippen LogP contribution in [0.15, 0.2) is 12.1 Å². The molecule has 1 aromatic carbocycles. The lowest BCUT2D eigenvalue weighted by molar-refractivity contribution is 0.167. The Hall–Kier alpha value is -2.45. The van der Waals surface area contributed by atoms with Crippen molar-refractivity contribution < 1.29 is 23.1 Å². The Morgan fingerprint density at radius 1 is 1.41 bits per heavy atom. The molecule has 0 radical (unpaired) electrons. The number of hydrogen-bond acceptors (Lipinski definition) is 3. The van der Waals surface area contributed by atoms with E-state index in [0.29, 0.717) is 18.0 Å². The van der Waals surface area contributed by atoms with Crippen LogP contribution in [0, 0.1) is 11.6 Å². The van der Waals surface area contributed by atoms with Crippen molar-refractivity contribution in [2.24, 2.45) is 0 Å². The van der Waals surface area contributed by atoms with Gasteiger partial charge in [-0.2, -0.15) is 0 Å². The van der Waals surface area contributed by atoms with Crippen molar-refractivity contribution in [3.8, 4) is 0 Å². The summed E-state index contributed by atoms with van der Waals surface area (Å²) in [4.78, 5) is 19.3. The fraction of sp³-hybridized carbons (Fsp3) is 0.385. The molecule has 1 aromatic heterocycles. The molecule has 1 aliphatic heterocycles. The lowest BCUT2D eigenvalue weighted by atomic mass is 10.0. The Kier molecular flexibility index (Phi) is 3.55. The number of fused-ring (bicyclic) bond motifs is 1. The smallest absolute Gasteiger partial charge is 0.405 e. The van der Waals surface area contributed by atoms with Crippen molar-refractivity contribution in [3.63, 3.8) is 0 Å². The van der Waals surface area contributed by atoms with Crippen LogP contribution >= 0.6 is 0 Å². The van der Waals surface area contributed by atoms with Gasteiger partial charge >= 0.3 is 6.09 Å². The lowest BCUT2D eigenvalue weighted by Crippen LogP contribution is -2.53. The summed E-state index contributed by atoms with van der Waals surface area (Å²) in [6.45, 7) is 0.405.